The van der Waals surface area contributed by atoms with Gasteiger partial charge in [0.05, 0.1) is 6.61 Å². The predicted octanol–water partition coefficient (Wildman–Crippen LogP) is 1.86. The van der Waals surface area contributed by atoms with Crippen molar-refractivity contribution in [3.8, 4) is 5.75 Å². The van der Waals surface area contributed by atoms with Crippen molar-refractivity contribution in [1.29, 1.82) is 0 Å². The van der Waals surface area contributed by atoms with E-state index in [4.69, 9.17) is 4.74 Å². The van der Waals surface area contributed by atoms with Crippen molar-refractivity contribution in [2.24, 2.45) is 0 Å². The van der Waals surface area contributed by atoms with Gasteiger partial charge in [0.15, 0.2) is 5.82 Å². The number of benzene rings is 1. The lowest BCUT2D eigenvalue weighted by atomic mass is 10.1. The van der Waals surface area contributed by atoms with E-state index in [9.17, 15) is 5.11 Å². The molecule has 0 unspecified atom stereocenters. The predicted molar refractivity (Wildman–Crippen MR) is 63.5 cm³/mol. The third-order valence-corrected chi connectivity index (χ3v) is 2.36. The number of rotatable bonds is 4. The molecule has 2 rings (SSSR count). The van der Waals surface area contributed by atoms with Gasteiger partial charge in [-0.1, -0.05) is 17.7 Å². The Morgan fingerprint density at radius 1 is 1.24 bits per heavy atom. The standard InChI is InChI=1S/C13H14N2O2/c1-10-3-4-12(11(7-10)8-16)17-9-13-14-5-2-6-15-13/h2-7,16H,8-9H2,1H3. The Bertz CT molecular complexity index is 486. The van der Waals surface area contributed by atoms with E-state index in [0.29, 0.717) is 18.2 Å². The van der Waals surface area contributed by atoms with Gasteiger partial charge in [0.1, 0.15) is 12.4 Å². The molecule has 0 aliphatic heterocycles. The number of hydrogen-bond acceptors (Lipinski definition) is 4. The van der Waals surface area contributed by atoms with Crippen molar-refractivity contribution in [3.63, 3.8) is 0 Å². The van der Waals surface area contributed by atoms with E-state index < -0.39 is 0 Å². The van der Waals surface area contributed by atoms with Gasteiger partial charge in [0.25, 0.3) is 0 Å². The van der Waals surface area contributed by atoms with E-state index >= 15 is 0 Å². The lowest BCUT2D eigenvalue weighted by molar-refractivity contribution is 0.255. The second-order valence-electron chi connectivity index (χ2n) is 3.72. The summed E-state index contributed by atoms with van der Waals surface area (Å²) in [5, 5.41) is 9.23. The molecule has 0 fully saturated rings. The van der Waals surface area contributed by atoms with Crippen LogP contribution in [0.2, 0.25) is 0 Å². The first kappa shape index (κ1) is 11.5. The molecule has 1 aromatic heterocycles. The van der Waals surface area contributed by atoms with Crippen LogP contribution in [0, 0.1) is 6.92 Å². The van der Waals surface area contributed by atoms with Crippen LogP contribution in [0.3, 0.4) is 0 Å². The zero-order valence-electron chi connectivity index (χ0n) is 9.63. The van der Waals surface area contributed by atoms with Crippen molar-refractivity contribution in [2.45, 2.75) is 20.1 Å². The van der Waals surface area contributed by atoms with Gasteiger partial charge in [-0.25, -0.2) is 9.97 Å². The van der Waals surface area contributed by atoms with E-state index in [0.717, 1.165) is 11.1 Å². The smallest absolute Gasteiger partial charge is 0.166 e. The fourth-order valence-electron chi connectivity index (χ4n) is 1.52. The minimum Gasteiger partial charge on any atom is -0.485 e. The summed E-state index contributed by atoms with van der Waals surface area (Å²) in [4.78, 5) is 8.14. The van der Waals surface area contributed by atoms with E-state index in [1.165, 1.54) is 0 Å². The van der Waals surface area contributed by atoms with Crippen LogP contribution in [-0.4, -0.2) is 15.1 Å². The molecule has 0 aliphatic rings. The van der Waals surface area contributed by atoms with Crippen LogP contribution in [-0.2, 0) is 13.2 Å². The zero-order chi connectivity index (χ0) is 12.1. The van der Waals surface area contributed by atoms with Gasteiger partial charge in [-0.05, 0) is 19.1 Å². The minimum atomic E-state index is -0.0351. The fraction of sp³-hybridized carbons (Fsp3) is 0.231. The first-order chi connectivity index (χ1) is 8.29. The maximum atomic E-state index is 9.23. The Morgan fingerprint density at radius 3 is 2.71 bits per heavy atom. The quantitative estimate of drug-likeness (QED) is 0.871. The Labute approximate surface area is 99.9 Å². The van der Waals surface area contributed by atoms with Crippen LogP contribution in [0.1, 0.15) is 17.0 Å². The molecule has 0 saturated heterocycles. The molecule has 1 N–H and O–H groups in total. The minimum absolute atomic E-state index is 0.0351. The van der Waals surface area contributed by atoms with E-state index in [1.807, 2.05) is 25.1 Å². The highest BCUT2D eigenvalue weighted by atomic mass is 16.5. The average molecular weight is 230 g/mol. The lowest BCUT2D eigenvalue weighted by Crippen LogP contribution is -2.02. The molecule has 4 nitrogen and oxygen atoms in total. The first-order valence-electron chi connectivity index (χ1n) is 5.38. The molecule has 1 aromatic carbocycles. The summed E-state index contributed by atoms with van der Waals surface area (Å²) in [5.41, 5.74) is 1.87. The zero-order valence-corrected chi connectivity index (χ0v) is 9.63. The highest BCUT2D eigenvalue weighted by Crippen LogP contribution is 2.20. The molecule has 0 aliphatic carbocycles. The fourth-order valence-corrected chi connectivity index (χ4v) is 1.52. The molecule has 2 aromatic rings. The van der Waals surface area contributed by atoms with E-state index in [-0.39, 0.29) is 6.61 Å². The number of nitrogens with zero attached hydrogens (tertiary/aromatic N) is 2. The monoisotopic (exact) mass is 230 g/mol. The number of hydrogen-bond donors (Lipinski definition) is 1. The molecular formula is C13H14N2O2. The maximum absolute atomic E-state index is 9.23. The molecule has 0 atom stereocenters. The Balaban J connectivity index is 2.09. The molecule has 0 bridgehead atoms. The molecule has 0 amide bonds. The summed E-state index contributed by atoms with van der Waals surface area (Å²) in [7, 11) is 0. The number of aromatic nitrogens is 2. The van der Waals surface area contributed by atoms with Crippen LogP contribution in [0.4, 0.5) is 0 Å². The van der Waals surface area contributed by atoms with Crippen molar-refractivity contribution in [1.82, 2.24) is 9.97 Å². The van der Waals surface area contributed by atoms with Crippen molar-refractivity contribution < 1.29 is 9.84 Å². The summed E-state index contributed by atoms with van der Waals surface area (Å²) >= 11 is 0. The van der Waals surface area contributed by atoms with Gasteiger partial charge < -0.3 is 9.84 Å². The maximum Gasteiger partial charge on any atom is 0.166 e. The summed E-state index contributed by atoms with van der Waals surface area (Å²) in [5.74, 6) is 1.29. The van der Waals surface area contributed by atoms with E-state index in [2.05, 4.69) is 9.97 Å². The van der Waals surface area contributed by atoms with Gasteiger partial charge in [0, 0.05) is 18.0 Å². The number of aliphatic hydroxyl groups excluding tert-OH is 1. The van der Waals surface area contributed by atoms with Gasteiger partial charge in [-0.15, -0.1) is 0 Å². The van der Waals surface area contributed by atoms with Crippen LogP contribution >= 0.6 is 0 Å². The highest BCUT2D eigenvalue weighted by molar-refractivity contribution is 5.36. The molecular weight excluding hydrogens is 216 g/mol. The van der Waals surface area contributed by atoms with Gasteiger partial charge in [0.2, 0.25) is 0 Å². The molecule has 0 spiro atoms. The van der Waals surface area contributed by atoms with Gasteiger partial charge in [-0.3, -0.25) is 0 Å². The largest absolute Gasteiger partial charge is 0.485 e. The van der Waals surface area contributed by atoms with Crippen molar-refractivity contribution in [2.75, 3.05) is 0 Å². The molecule has 0 radical (unpaired) electrons. The SMILES string of the molecule is Cc1ccc(OCc2ncccn2)c(CO)c1. The summed E-state index contributed by atoms with van der Waals surface area (Å²) in [6, 6.07) is 7.46. The Hall–Kier alpha value is -1.94. The Kier molecular flexibility index (Phi) is 3.67. The highest BCUT2D eigenvalue weighted by Gasteiger charge is 2.04. The van der Waals surface area contributed by atoms with Gasteiger partial charge >= 0.3 is 0 Å². The summed E-state index contributed by atoms with van der Waals surface area (Å²) in [6.07, 6.45) is 3.35. The molecule has 0 saturated carbocycles. The third-order valence-electron chi connectivity index (χ3n) is 2.36. The van der Waals surface area contributed by atoms with Crippen LogP contribution in [0.5, 0.6) is 5.75 Å². The summed E-state index contributed by atoms with van der Waals surface area (Å²) < 4.78 is 5.58. The molecule has 88 valence electrons. The van der Waals surface area contributed by atoms with Crippen LogP contribution in [0.15, 0.2) is 36.7 Å². The van der Waals surface area contributed by atoms with Crippen molar-refractivity contribution >= 4 is 0 Å². The van der Waals surface area contributed by atoms with Crippen LogP contribution < -0.4 is 4.74 Å². The van der Waals surface area contributed by atoms with Crippen molar-refractivity contribution in [3.05, 3.63) is 53.6 Å². The second kappa shape index (κ2) is 5.41. The lowest BCUT2D eigenvalue weighted by Gasteiger charge is -2.09. The van der Waals surface area contributed by atoms with Gasteiger partial charge in [-0.2, -0.15) is 0 Å². The number of aryl methyl sites for hydroxylation is 1. The molecule has 4 heteroatoms. The van der Waals surface area contributed by atoms with Crippen LogP contribution in [0.25, 0.3) is 0 Å². The normalized spacial score (nSPS) is 10.2. The summed E-state index contributed by atoms with van der Waals surface area (Å²) in [6.45, 7) is 2.24. The Morgan fingerprint density at radius 2 is 2.00 bits per heavy atom. The third kappa shape index (κ3) is 3.01. The average Bonchev–Trinajstić information content (AvgIpc) is 2.38. The van der Waals surface area contributed by atoms with E-state index in [1.54, 1.807) is 18.5 Å². The second-order valence-corrected chi connectivity index (χ2v) is 3.72. The number of ether oxygens (including phenoxy) is 1. The first-order valence-corrected chi connectivity index (χ1v) is 5.38. The topological polar surface area (TPSA) is 55.2 Å². The molecule has 1 heterocycles. The molecule has 17 heavy (non-hydrogen) atoms. The number of aliphatic hydroxyl groups is 1.